The van der Waals surface area contributed by atoms with Crippen molar-refractivity contribution in [2.45, 2.75) is 13.5 Å². The van der Waals surface area contributed by atoms with Gasteiger partial charge in [0.05, 0.1) is 6.54 Å². The van der Waals surface area contributed by atoms with Crippen LogP contribution in [0.15, 0.2) is 30.6 Å². The average molecular weight is 188 g/mol. The second kappa shape index (κ2) is 3.49. The molecule has 2 aromatic heterocycles. The van der Waals surface area contributed by atoms with Gasteiger partial charge in [-0.1, -0.05) is 0 Å². The van der Waals surface area contributed by atoms with E-state index in [0.29, 0.717) is 5.82 Å². The molecule has 0 amide bonds. The molecule has 0 radical (unpaired) electrons. The standard InChI is InChI=1S/C10H12N4/c1-8-6-9(2-4-12-8)7-14-5-3-10(11)13-14/h2-6H,7H2,1H3,(H2,11,13). The maximum Gasteiger partial charge on any atom is 0.145 e. The second-order valence-corrected chi connectivity index (χ2v) is 3.24. The third-order valence-electron chi connectivity index (χ3n) is 1.97. The van der Waals surface area contributed by atoms with Gasteiger partial charge in [0.2, 0.25) is 0 Å². The summed E-state index contributed by atoms with van der Waals surface area (Å²) in [5, 5.41) is 4.11. The van der Waals surface area contributed by atoms with E-state index in [-0.39, 0.29) is 0 Å². The molecule has 0 aliphatic rings. The lowest BCUT2D eigenvalue weighted by atomic mass is 10.2. The van der Waals surface area contributed by atoms with Crippen LogP contribution in [0.1, 0.15) is 11.3 Å². The Morgan fingerprint density at radius 3 is 2.93 bits per heavy atom. The van der Waals surface area contributed by atoms with E-state index < -0.39 is 0 Å². The molecular weight excluding hydrogens is 176 g/mol. The predicted molar refractivity (Wildman–Crippen MR) is 54.7 cm³/mol. The first kappa shape index (κ1) is 8.74. The first-order chi connectivity index (χ1) is 6.74. The van der Waals surface area contributed by atoms with Crippen LogP contribution in [-0.2, 0) is 6.54 Å². The van der Waals surface area contributed by atoms with Crippen LogP contribution in [0.2, 0.25) is 0 Å². The zero-order valence-corrected chi connectivity index (χ0v) is 8.01. The summed E-state index contributed by atoms with van der Waals surface area (Å²) in [6.07, 6.45) is 3.67. The van der Waals surface area contributed by atoms with Gasteiger partial charge in [-0.3, -0.25) is 9.67 Å². The lowest BCUT2D eigenvalue weighted by Gasteiger charge is -2.01. The fourth-order valence-electron chi connectivity index (χ4n) is 1.36. The monoisotopic (exact) mass is 188 g/mol. The van der Waals surface area contributed by atoms with Crippen LogP contribution in [0.3, 0.4) is 0 Å². The van der Waals surface area contributed by atoms with E-state index >= 15 is 0 Å². The van der Waals surface area contributed by atoms with Crippen molar-refractivity contribution in [2.24, 2.45) is 0 Å². The Labute approximate surface area is 82.4 Å². The number of aromatic nitrogens is 3. The molecule has 0 saturated heterocycles. The highest BCUT2D eigenvalue weighted by molar-refractivity contribution is 5.24. The van der Waals surface area contributed by atoms with Gasteiger partial charge in [-0.15, -0.1) is 0 Å². The smallest absolute Gasteiger partial charge is 0.145 e. The highest BCUT2D eigenvalue weighted by Crippen LogP contribution is 2.04. The number of hydrogen-bond donors (Lipinski definition) is 1. The van der Waals surface area contributed by atoms with E-state index in [1.54, 1.807) is 12.3 Å². The van der Waals surface area contributed by atoms with E-state index in [1.165, 1.54) is 5.56 Å². The largest absolute Gasteiger partial charge is 0.382 e. The van der Waals surface area contributed by atoms with Gasteiger partial charge in [0.25, 0.3) is 0 Å². The van der Waals surface area contributed by atoms with Gasteiger partial charge in [-0.2, -0.15) is 5.10 Å². The molecule has 2 rings (SSSR count). The number of pyridine rings is 1. The van der Waals surface area contributed by atoms with Crippen molar-refractivity contribution in [3.8, 4) is 0 Å². The average Bonchev–Trinajstić information content (AvgIpc) is 2.51. The molecule has 0 aliphatic carbocycles. The summed E-state index contributed by atoms with van der Waals surface area (Å²) in [4.78, 5) is 4.13. The Hall–Kier alpha value is -1.84. The van der Waals surface area contributed by atoms with Crippen LogP contribution >= 0.6 is 0 Å². The molecule has 2 heterocycles. The first-order valence-electron chi connectivity index (χ1n) is 4.44. The van der Waals surface area contributed by atoms with Crippen LogP contribution in [0.4, 0.5) is 5.82 Å². The molecule has 0 fully saturated rings. The minimum Gasteiger partial charge on any atom is -0.382 e. The Morgan fingerprint density at radius 1 is 1.43 bits per heavy atom. The number of nitrogens with two attached hydrogens (primary N) is 1. The maximum absolute atomic E-state index is 5.52. The van der Waals surface area contributed by atoms with Crippen LogP contribution < -0.4 is 5.73 Å². The Kier molecular flexibility index (Phi) is 2.18. The van der Waals surface area contributed by atoms with E-state index in [4.69, 9.17) is 5.73 Å². The molecule has 0 atom stereocenters. The molecule has 72 valence electrons. The van der Waals surface area contributed by atoms with Crippen LogP contribution in [0, 0.1) is 6.92 Å². The number of nitrogens with zero attached hydrogens (tertiary/aromatic N) is 3. The van der Waals surface area contributed by atoms with Crippen molar-refractivity contribution in [3.05, 3.63) is 41.9 Å². The number of hydrogen-bond acceptors (Lipinski definition) is 3. The van der Waals surface area contributed by atoms with Gasteiger partial charge >= 0.3 is 0 Å². The molecule has 0 saturated carbocycles. The van der Waals surface area contributed by atoms with Gasteiger partial charge < -0.3 is 5.73 Å². The highest BCUT2D eigenvalue weighted by atomic mass is 15.3. The minimum atomic E-state index is 0.552. The number of nitrogen functional groups attached to an aromatic ring is 1. The molecule has 14 heavy (non-hydrogen) atoms. The number of aryl methyl sites for hydroxylation is 1. The third kappa shape index (κ3) is 1.90. The van der Waals surface area contributed by atoms with E-state index in [9.17, 15) is 0 Å². The quantitative estimate of drug-likeness (QED) is 0.770. The van der Waals surface area contributed by atoms with Crippen molar-refractivity contribution in [1.82, 2.24) is 14.8 Å². The highest BCUT2D eigenvalue weighted by Gasteiger charge is 1.97. The lowest BCUT2D eigenvalue weighted by molar-refractivity contribution is 0.689. The van der Waals surface area contributed by atoms with Crippen molar-refractivity contribution in [1.29, 1.82) is 0 Å². The molecule has 0 bridgehead atoms. The summed E-state index contributed by atoms with van der Waals surface area (Å²) in [5.74, 6) is 0.552. The topological polar surface area (TPSA) is 56.7 Å². The molecule has 0 unspecified atom stereocenters. The summed E-state index contributed by atoms with van der Waals surface area (Å²) in [6, 6.07) is 5.80. The lowest BCUT2D eigenvalue weighted by Crippen LogP contribution is -2.01. The summed E-state index contributed by atoms with van der Waals surface area (Å²) < 4.78 is 1.81. The van der Waals surface area contributed by atoms with Gasteiger partial charge in [-0.25, -0.2) is 0 Å². The molecule has 4 heteroatoms. The second-order valence-electron chi connectivity index (χ2n) is 3.24. The van der Waals surface area contributed by atoms with Crippen molar-refractivity contribution in [2.75, 3.05) is 5.73 Å². The van der Waals surface area contributed by atoms with E-state index in [2.05, 4.69) is 10.1 Å². The Balaban J connectivity index is 2.18. The number of rotatable bonds is 2. The molecule has 0 aromatic carbocycles. The van der Waals surface area contributed by atoms with Crippen LogP contribution in [0.25, 0.3) is 0 Å². The Bertz CT molecular complexity index is 433. The van der Waals surface area contributed by atoms with Gasteiger partial charge in [0.15, 0.2) is 0 Å². The van der Waals surface area contributed by atoms with Gasteiger partial charge in [0.1, 0.15) is 5.82 Å². The first-order valence-corrected chi connectivity index (χ1v) is 4.44. The van der Waals surface area contributed by atoms with Crippen LogP contribution in [0.5, 0.6) is 0 Å². The van der Waals surface area contributed by atoms with Crippen molar-refractivity contribution < 1.29 is 0 Å². The third-order valence-corrected chi connectivity index (χ3v) is 1.97. The summed E-state index contributed by atoms with van der Waals surface area (Å²) in [7, 11) is 0. The molecule has 0 spiro atoms. The maximum atomic E-state index is 5.52. The van der Waals surface area contributed by atoms with Gasteiger partial charge in [-0.05, 0) is 30.7 Å². The van der Waals surface area contributed by atoms with Crippen molar-refractivity contribution >= 4 is 5.82 Å². The molecule has 2 aromatic rings. The molecular formula is C10H12N4. The summed E-state index contributed by atoms with van der Waals surface area (Å²) >= 11 is 0. The molecule has 4 nitrogen and oxygen atoms in total. The zero-order valence-electron chi connectivity index (χ0n) is 8.01. The fourth-order valence-corrected chi connectivity index (χ4v) is 1.36. The minimum absolute atomic E-state index is 0.552. The van der Waals surface area contributed by atoms with Crippen LogP contribution in [-0.4, -0.2) is 14.8 Å². The van der Waals surface area contributed by atoms with E-state index in [1.807, 2.05) is 29.9 Å². The Morgan fingerprint density at radius 2 is 2.29 bits per heavy atom. The SMILES string of the molecule is Cc1cc(Cn2ccc(N)n2)ccn1. The summed E-state index contributed by atoms with van der Waals surface area (Å²) in [6.45, 7) is 2.71. The number of anilines is 1. The van der Waals surface area contributed by atoms with E-state index in [0.717, 1.165) is 12.2 Å². The van der Waals surface area contributed by atoms with Crippen molar-refractivity contribution in [3.63, 3.8) is 0 Å². The molecule has 0 aliphatic heterocycles. The zero-order chi connectivity index (χ0) is 9.97. The van der Waals surface area contributed by atoms with Gasteiger partial charge in [0, 0.05) is 18.1 Å². The predicted octanol–water partition coefficient (Wildman–Crippen LogP) is 1.22. The normalized spacial score (nSPS) is 10.4. The fraction of sp³-hybridized carbons (Fsp3) is 0.200. The molecule has 2 N–H and O–H groups in total. The summed E-state index contributed by atoms with van der Waals surface area (Å²) in [5.41, 5.74) is 7.72.